The molecule has 0 unspecified atom stereocenters. The Balaban J connectivity index is 5.30. The van der Waals surface area contributed by atoms with E-state index in [1.807, 2.05) is 0 Å². The van der Waals surface area contributed by atoms with Crippen molar-refractivity contribution < 1.29 is 26.3 Å². The molecule has 10 heteroatoms. The van der Waals surface area contributed by atoms with E-state index in [1.165, 1.54) is 0 Å². The highest BCUT2D eigenvalue weighted by Crippen LogP contribution is 2.57. The molecule has 0 spiro atoms. The van der Waals surface area contributed by atoms with Crippen LogP contribution in [-0.4, -0.2) is 21.0 Å². The normalized spacial score (nSPS) is 15.9. The summed E-state index contributed by atoms with van der Waals surface area (Å²) in [5.41, 5.74) is 0. The average Bonchev–Trinajstić information content (AvgIpc) is 1.81. The van der Waals surface area contributed by atoms with Crippen molar-refractivity contribution in [3.05, 3.63) is 0 Å². The predicted molar refractivity (Wildman–Crippen MR) is 41.0 cm³/mol. The van der Waals surface area contributed by atoms with Gasteiger partial charge in [-0.3, -0.25) is 0 Å². The van der Waals surface area contributed by atoms with Gasteiger partial charge in [-0.2, -0.15) is 22.0 Å². The fourth-order valence-corrected chi connectivity index (χ4v) is 0.808. The summed E-state index contributed by atoms with van der Waals surface area (Å²) in [6.45, 7) is 0. The summed E-state index contributed by atoms with van der Waals surface area (Å²) in [7, 11) is 0. The van der Waals surface area contributed by atoms with Crippen molar-refractivity contribution in [3.63, 3.8) is 0 Å². The maximum Gasteiger partial charge on any atom is 0.456 e. The van der Waals surface area contributed by atoms with Crippen LogP contribution >= 0.6 is 46.4 Å². The molecule has 0 fully saturated rings. The maximum absolute atomic E-state index is 12.5. The largest absolute Gasteiger partial charge is 0.456 e. The first kappa shape index (κ1) is 14.7. The van der Waals surface area contributed by atoms with Gasteiger partial charge in [0.2, 0.25) is 0 Å². The summed E-state index contributed by atoms with van der Waals surface area (Å²) < 4.78 is 63.8. The fraction of sp³-hybridized carbons (Fsp3) is 1.00. The van der Waals surface area contributed by atoms with Crippen LogP contribution in [0, 0.1) is 0 Å². The lowest BCUT2D eigenvalue weighted by molar-refractivity contribution is -0.290. The lowest BCUT2D eigenvalue weighted by Crippen LogP contribution is -2.57. The van der Waals surface area contributed by atoms with Crippen LogP contribution in [0.25, 0.3) is 0 Å². The zero-order valence-electron chi connectivity index (χ0n) is 5.78. The fourth-order valence-electron chi connectivity index (χ4n) is 0.356. The van der Waals surface area contributed by atoms with Crippen molar-refractivity contribution in [1.82, 2.24) is 0 Å². The van der Waals surface area contributed by atoms with Crippen LogP contribution in [0.5, 0.6) is 0 Å². The maximum atomic E-state index is 12.5. The van der Waals surface area contributed by atoms with Crippen molar-refractivity contribution in [3.8, 4) is 0 Å². The molecule has 0 heterocycles. The van der Waals surface area contributed by atoms with E-state index in [0.29, 0.717) is 0 Å². The zero-order valence-corrected chi connectivity index (χ0v) is 8.80. The first-order chi connectivity index (χ1) is 5.75. The van der Waals surface area contributed by atoms with E-state index in [9.17, 15) is 26.3 Å². The molecule has 0 amide bonds. The first-order valence-electron chi connectivity index (χ1n) is 2.64. The molecule has 0 aromatic rings. The van der Waals surface area contributed by atoms with Gasteiger partial charge in [-0.1, -0.05) is 46.4 Å². The van der Waals surface area contributed by atoms with Gasteiger partial charge < -0.3 is 0 Å². The second-order valence-corrected chi connectivity index (χ2v) is 4.71. The Kier molecular flexibility index (Phi) is 3.84. The quantitative estimate of drug-likeness (QED) is 0.522. The smallest absolute Gasteiger partial charge is 0.204 e. The molecule has 14 heavy (non-hydrogen) atoms. The number of hydrogen-bond acceptors (Lipinski definition) is 0. The molecular formula is C4Cl4F6. The second kappa shape index (κ2) is 3.64. The first-order valence-corrected chi connectivity index (χ1v) is 4.15. The van der Waals surface area contributed by atoms with Crippen LogP contribution in [0.15, 0.2) is 0 Å². The van der Waals surface area contributed by atoms with Crippen molar-refractivity contribution >= 4 is 46.4 Å². The van der Waals surface area contributed by atoms with Gasteiger partial charge >= 0.3 is 12.1 Å². The third kappa shape index (κ3) is 2.28. The summed E-state index contributed by atoms with van der Waals surface area (Å²) in [5.74, 6) is -5.79. The Morgan fingerprint density at radius 1 is 0.643 bits per heavy atom. The molecule has 0 atom stereocenters. The van der Waals surface area contributed by atoms with E-state index in [4.69, 9.17) is 0 Å². The molecule has 0 aromatic heterocycles. The van der Waals surface area contributed by atoms with E-state index < -0.39 is 21.0 Å². The molecule has 0 aliphatic carbocycles. The summed E-state index contributed by atoms with van der Waals surface area (Å²) >= 11 is 17.6. The minimum absolute atomic E-state index is 4.16. The van der Waals surface area contributed by atoms with Crippen molar-refractivity contribution in [1.29, 1.82) is 0 Å². The molecule has 0 bridgehead atoms. The predicted octanol–water partition coefficient (Wildman–Crippen LogP) is 4.46. The molecule has 0 rings (SSSR count). The Bertz CT molecular complexity index is 191. The van der Waals surface area contributed by atoms with Crippen LogP contribution in [-0.2, 0) is 0 Å². The summed E-state index contributed by atoms with van der Waals surface area (Å²) in [6.07, 6.45) is -6.17. The highest BCUT2D eigenvalue weighted by atomic mass is 35.5. The lowest BCUT2D eigenvalue weighted by Gasteiger charge is -2.34. The van der Waals surface area contributed by atoms with Gasteiger partial charge in [0.1, 0.15) is 0 Å². The van der Waals surface area contributed by atoms with Crippen molar-refractivity contribution in [2.75, 3.05) is 0 Å². The zero-order chi connectivity index (χ0) is 12.0. The number of halogens is 10. The van der Waals surface area contributed by atoms with Crippen LogP contribution in [0.1, 0.15) is 0 Å². The molecule has 0 aliphatic heterocycles. The summed E-state index contributed by atoms with van der Waals surface area (Å²) in [5, 5.41) is 0. The van der Waals surface area contributed by atoms with Gasteiger partial charge in [0.05, 0.1) is 0 Å². The van der Waals surface area contributed by atoms with E-state index >= 15 is 0 Å². The van der Waals surface area contributed by atoms with Crippen molar-refractivity contribution in [2.45, 2.75) is 21.0 Å². The van der Waals surface area contributed by atoms with Gasteiger partial charge in [-0.15, -0.1) is 0 Å². The molecule has 0 saturated heterocycles. The van der Waals surface area contributed by atoms with Gasteiger partial charge in [0, 0.05) is 0 Å². The highest BCUT2D eigenvalue weighted by Gasteiger charge is 2.76. The Hall–Kier alpha value is 0.740. The third-order valence-electron chi connectivity index (χ3n) is 1.11. The Morgan fingerprint density at radius 2 is 0.929 bits per heavy atom. The lowest BCUT2D eigenvalue weighted by atomic mass is 10.2. The van der Waals surface area contributed by atoms with E-state index in [0.717, 1.165) is 0 Å². The molecule has 0 saturated carbocycles. The molecule has 86 valence electrons. The van der Waals surface area contributed by atoms with Crippen LogP contribution in [0.2, 0.25) is 0 Å². The summed E-state index contributed by atoms with van der Waals surface area (Å²) in [6, 6.07) is 0. The molecule has 0 radical (unpaired) electrons. The summed E-state index contributed by atoms with van der Waals surface area (Å²) in [4.78, 5) is 0. The standard InChI is InChI=1S/C4Cl4F6/c5-1(6,3(7,8)11)2(9,10)4(12,13)14. The van der Waals surface area contributed by atoms with Crippen molar-refractivity contribution in [2.24, 2.45) is 0 Å². The molecule has 0 N–H and O–H groups in total. The second-order valence-electron chi connectivity index (χ2n) is 2.14. The van der Waals surface area contributed by atoms with E-state index in [2.05, 4.69) is 46.4 Å². The minimum Gasteiger partial charge on any atom is -0.204 e. The van der Waals surface area contributed by atoms with Gasteiger partial charge in [0.15, 0.2) is 0 Å². The minimum atomic E-state index is -6.17. The molecule has 0 aliphatic rings. The van der Waals surface area contributed by atoms with Gasteiger partial charge in [0.25, 0.3) is 8.92 Å². The highest BCUT2D eigenvalue weighted by molar-refractivity contribution is 6.62. The van der Waals surface area contributed by atoms with E-state index in [-0.39, 0.29) is 0 Å². The van der Waals surface area contributed by atoms with Crippen LogP contribution < -0.4 is 0 Å². The molecule has 0 aromatic carbocycles. The van der Waals surface area contributed by atoms with Gasteiger partial charge in [-0.25, -0.2) is 4.39 Å². The SMILES string of the molecule is FC(F)(F)C(F)(F)C(Cl)(Cl)C(F)(Cl)Cl. The van der Waals surface area contributed by atoms with Crippen LogP contribution in [0.3, 0.4) is 0 Å². The Morgan fingerprint density at radius 3 is 1.00 bits per heavy atom. The van der Waals surface area contributed by atoms with Crippen LogP contribution in [0.4, 0.5) is 26.3 Å². The molecule has 0 nitrogen and oxygen atoms in total. The van der Waals surface area contributed by atoms with E-state index in [1.54, 1.807) is 0 Å². The van der Waals surface area contributed by atoms with Gasteiger partial charge in [-0.05, 0) is 0 Å². The number of hydrogen-bond donors (Lipinski definition) is 0. The number of rotatable bonds is 2. The molecular weight excluding hydrogens is 304 g/mol. The average molecular weight is 304 g/mol. The monoisotopic (exact) mass is 302 g/mol. The topological polar surface area (TPSA) is 0 Å². The Labute approximate surface area is 94.0 Å². The third-order valence-corrected chi connectivity index (χ3v) is 3.06. The number of alkyl halides is 10.